The molecule has 1 aromatic carbocycles. The van der Waals surface area contributed by atoms with Gasteiger partial charge < -0.3 is 15.4 Å². The molecule has 0 aliphatic rings. The second-order valence-electron chi connectivity index (χ2n) is 4.62. The maximum atomic E-state index is 12.2. The molecule has 21 heavy (non-hydrogen) atoms. The van der Waals surface area contributed by atoms with Crippen LogP contribution >= 0.6 is 0 Å². The summed E-state index contributed by atoms with van der Waals surface area (Å²) in [6.07, 6.45) is 1.64. The van der Waals surface area contributed by atoms with E-state index in [-0.39, 0.29) is 5.91 Å². The largest absolute Gasteiger partial charge is 0.495 e. The summed E-state index contributed by atoms with van der Waals surface area (Å²) in [4.78, 5) is 16.4. The van der Waals surface area contributed by atoms with Crippen molar-refractivity contribution in [1.82, 2.24) is 4.98 Å². The molecule has 1 aromatic heterocycles. The second-order valence-corrected chi connectivity index (χ2v) is 4.62. The number of ether oxygens (including phenoxy) is 1. The van der Waals surface area contributed by atoms with Gasteiger partial charge in [0.15, 0.2) is 0 Å². The number of carbonyl (C=O) groups excluding carboxylic acids is 1. The van der Waals surface area contributed by atoms with Crippen molar-refractivity contribution in [2.75, 3.05) is 24.3 Å². The number of carbonyl (C=O) groups is 1. The first-order chi connectivity index (χ1) is 10.1. The molecule has 2 N–H and O–H groups in total. The molecule has 110 valence electrons. The Hall–Kier alpha value is -2.56. The minimum absolute atomic E-state index is 0.262. The number of benzene rings is 1. The van der Waals surface area contributed by atoms with Gasteiger partial charge in [-0.25, -0.2) is 4.98 Å². The van der Waals surface area contributed by atoms with E-state index in [1.807, 2.05) is 38.1 Å². The number of methoxy groups -OCH3 is 1. The molecule has 0 aliphatic heterocycles. The molecule has 1 amide bonds. The lowest BCUT2D eigenvalue weighted by Crippen LogP contribution is -2.14. The van der Waals surface area contributed by atoms with Gasteiger partial charge in [0.05, 0.1) is 24.7 Å². The number of anilines is 2. The zero-order valence-electron chi connectivity index (χ0n) is 12.4. The Balaban J connectivity index is 2.15. The first-order valence-corrected chi connectivity index (χ1v) is 6.80. The highest BCUT2D eigenvalue weighted by Crippen LogP contribution is 2.25. The summed E-state index contributed by atoms with van der Waals surface area (Å²) in [5, 5.41) is 5.96. The van der Waals surface area contributed by atoms with Crippen LogP contribution in [0.4, 0.5) is 11.4 Å². The summed E-state index contributed by atoms with van der Waals surface area (Å²) in [5.74, 6) is 0.361. The van der Waals surface area contributed by atoms with Crippen LogP contribution in [0.3, 0.4) is 0 Å². The predicted octanol–water partition coefficient (Wildman–Crippen LogP) is 3.08. The number of aromatic nitrogens is 1. The maximum absolute atomic E-state index is 12.2. The molecular weight excluding hydrogens is 266 g/mol. The third-order valence-corrected chi connectivity index (χ3v) is 2.98. The van der Waals surface area contributed by atoms with Crippen LogP contribution in [-0.2, 0) is 0 Å². The van der Waals surface area contributed by atoms with Gasteiger partial charge in [0.25, 0.3) is 5.91 Å². The number of rotatable bonds is 5. The molecule has 0 atom stereocenters. The Morgan fingerprint density at radius 2 is 2.10 bits per heavy atom. The minimum Gasteiger partial charge on any atom is -0.495 e. The van der Waals surface area contributed by atoms with Crippen molar-refractivity contribution in [3.8, 4) is 5.75 Å². The van der Waals surface area contributed by atoms with E-state index in [2.05, 4.69) is 15.6 Å². The molecule has 5 heteroatoms. The van der Waals surface area contributed by atoms with Gasteiger partial charge in [0.2, 0.25) is 0 Å². The highest BCUT2D eigenvalue weighted by atomic mass is 16.5. The third-order valence-electron chi connectivity index (χ3n) is 2.98. The Morgan fingerprint density at radius 3 is 2.71 bits per heavy atom. The fourth-order valence-corrected chi connectivity index (χ4v) is 1.94. The maximum Gasteiger partial charge on any atom is 0.274 e. The number of hydrogen-bond acceptors (Lipinski definition) is 4. The fraction of sp³-hybridized carbons (Fsp3) is 0.250. The Morgan fingerprint density at radius 1 is 1.29 bits per heavy atom. The summed E-state index contributed by atoms with van der Waals surface area (Å²) in [6.45, 7) is 4.77. The third kappa shape index (κ3) is 3.72. The topological polar surface area (TPSA) is 63.2 Å². The van der Waals surface area contributed by atoms with E-state index in [0.717, 1.165) is 17.8 Å². The van der Waals surface area contributed by atoms with Gasteiger partial charge in [-0.05, 0) is 43.7 Å². The van der Waals surface area contributed by atoms with Crippen LogP contribution < -0.4 is 15.4 Å². The van der Waals surface area contributed by atoms with Crippen molar-refractivity contribution in [1.29, 1.82) is 0 Å². The van der Waals surface area contributed by atoms with Crippen molar-refractivity contribution in [2.45, 2.75) is 13.8 Å². The molecule has 0 saturated heterocycles. The molecule has 0 spiro atoms. The lowest BCUT2D eigenvalue weighted by atomic mass is 10.2. The SMILES string of the molecule is CCNc1ccc(C(=O)Nc2cc(C)ccc2OC)nc1. The Bertz CT molecular complexity index is 624. The van der Waals surface area contributed by atoms with Crippen molar-refractivity contribution in [3.63, 3.8) is 0 Å². The van der Waals surface area contributed by atoms with Crippen LogP contribution in [0.1, 0.15) is 23.0 Å². The number of hydrogen-bond donors (Lipinski definition) is 2. The zero-order valence-corrected chi connectivity index (χ0v) is 12.4. The van der Waals surface area contributed by atoms with Crippen LogP contribution in [0.5, 0.6) is 5.75 Å². The van der Waals surface area contributed by atoms with Gasteiger partial charge in [0.1, 0.15) is 11.4 Å². The Labute approximate surface area is 124 Å². The van der Waals surface area contributed by atoms with Crippen molar-refractivity contribution >= 4 is 17.3 Å². The number of pyridine rings is 1. The molecule has 0 fully saturated rings. The second kappa shape index (κ2) is 6.74. The highest BCUT2D eigenvalue weighted by molar-refractivity contribution is 6.03. The first kappa shape index (κ1) is 14.8. The Kier molecular flexibility index (Phi) is 4.77. The van der Waals surface area contributed by atoms with Crippen LogP contribution in [0.25, 0.3) is 0 Å². The van der Waals surface area contributed by atoms with E-state index < -0.39 is 0 Å². The van der Waals surface area contributed by atoms with E-state index in [1.54, 1.807) is 19.4 Å². The van der Waals surface area contributed by atoms with Gasteiger partial charge >= 0.3 is 0 Å². The highest BCUT2D eigenvalue weighted by Gasteiger charge is 2.11. The molecule has 0 radical (unpaired) electrons. The standard InChI is InChI=1S/C16H19N3O2/c1-4-17-12-6-7-13(18-10-12)16(20)19-14-9-11(2)5-8-15(14)21-3/h5-10,17H,4H2,1-3H3,(H,19,20). The number of aryl methyl sites for hydroxylation is 1. The fourth-order valence-electron chi connectivity index (χ4n) is 1.94. The summed E-state index contributed by atoms with van der Waals surface area (Å²) < 4.78 is 5.24. The summed E-state index contributed by atoms with van der Waals surface area (Å²) >= 11 is 0. The first-order valence-electron chi connectivity index (χ1n) is 6.80. The quantitative estimate of drug-likeness (QED) is 0.886. The molecule has 1 heterocycles. The smallest absolute Gasteiger partial charge is 0.274 e. The van der Waals surface area contributed by atoms with Crippen molar-refractivity contribution in [3.05, 3.63) is 47.8 Å². The zero-order chi connectivity index (χ0) is 15.2. The van der Waals surface area contributed by atoms with E-state index in [1.165, 1.54) is 0 Å². The van der Waals surface area contributed by atoms with Crippen LogP contribution in [0.15, 0.2) is 36.5 Å². The van der Waals surface area contributed by atoms with Crippen molar-refractivity contribution in [2.24, 2.45) is 0 Å². The van der Waals surface area contributed by atoms with Gasteiger partial charge in [-0.2, -0.15) is 0 Å². The number of nitrogens with zero attached hydrogens (tertiary/aromatic N) is 1. The molecular formula is C16H19N3O2. The van der Waals surface area contributed by atoms with Crippen LogP contribution in [-0.4, -0.2) is 24.5 Å². The van der Waals surface area contributed by atoms with E-state index >= 15 is 0 Å². The molecule has 2 aromatic rings. The average Bonchev–Trinajstić information content (AvgIpc) is 2.48. The average molecular weight is 285 g/mol. The van der Waals surface area contributed by atoms with Gasteiger partial charge in [-0.1, -0.05) is 6.07 Å². The predicted molar refractivity (Wildman–Crippen MR) is 84.1 cm³/mol. The van der Waals surface area contributed by atoms with Gasteiger partial charge in [-0.15, -0.1) is 0 Å². The summed E-state index contributed by atoms with van der Waals surface area (Å²) in [5.41, 5.74) is 2.93. The van der Waals surface area contributed by atoms with Gasteiger partial charge in [-0.3, -0.25) is 4.79 Å². The van der Waals surface area contributed by atoms with Crippen LogP contribution in [0.2, 0.25) is 0 Å². The van der Waals surface area contributed by atoms with Crippen LogP contribution in [0, 0.1) is 6.92 Å². The van der Waals surface area contributed by atoms with E-state index in [0.29, 0.717) is 17.1 Å². The molecule has 5 nitrogen and oxygen atoms in total. The lowest BCUT2D eigenvalue weighted by Gasteiger charge is -2.11. The van der Waals surface area contributed by atoms with E-state index in [4.69, 9.17) is 4.74 Å². The molecule has 2 rings (SSSR count). The molecule has 0 bridgehead atoms. The lowest BCUT2D eigenvalue weighted by molar-refractivity contribution is 0.102. The minimum atomic E-state index is -0.262. The van der Waals surface area contributed by atoms with E-state index in [9.17, 15) is 4.79 Å². The monoisotopic (exact) mass is 285 g/mol. The normalized spacial score (nSPS) is 10.0. The molecule has 0 aliphatic carbocycles. The van der Waals surface area contributed by atoms with Gasteiger partial charge in [0, 0.05) is 6.54 Å². The summed E-state index contributed by atoms with van der Waals surface area (Å²) in [6, 6.07) is 9.14. The number of amides is 1. The molecule has 0 saturated carbocycles. The summed E-state index contributed by atoms with van der Waals surface area (Å²) in [7, 11) is 1.57. The molecule has 0 unspecified atom stereocenters. The van der Waals surface area contributed by atoms with Crippen molar-refractivity contribution < 1.29 is 9.53 Å². The number of nitrogens with one attached hydrogen (secondary N) is 2.